The lowest BCUT2D eigenvalue weighted by atomic mass is 10.1. The van der Waals surface area contributed by atoms with E-state index >= 15 is 0 Å². The van der Waals surface area contributed by atoms with Crippen molar-refractivity contribution in [1.82, 2.24) is 4.90 Å². The van der Waals surface area contributed by atoms with Gasteiger partial charge in [-0.2, -0.15) is 30.7 Å². The van der Waals surface area contributed by atoms with Crippen molar-refractivity contribution >= 4 is 29.2 Å². The number of alkyl halides is 7. The number of anilines is 1. The number of imide groups is 1. The van der Waals surface area contributed by atoms with Gasteiger partial charge in [0.25, 0.3) is 0 Å². The first kappa shape index (κ1) is 21.0. The molecule has 0 aliphatic rings. The highest BCUT2D eigenvalue weighted by atomic mass is 35.5. The summed E-state index contributed by atoms with van der Waals surface area (Å²) in [4.78, 5) is 23.8. The first-order valence-electron chi connectivity index (χ1n) is 6.28. The second kappa shape index (κ2) is 6.70. The fourth-order valence-corrected chi connectivity index (χ4v) is 1.68. The third-order valence-corrected chi connectivity index (χ3v) is 3.13. The molecule has 0 atom stereocenters. The second-order valence-electron chi connectivity index (χ2n) is 4.94. The molecule has 3 amide bonds. The zero-order valence-corrected chi connectivity index (χ0v) is 13.3. The normalized spacial score (nSPS) is 12.7. The number of carbonyl (C=O) groups is 2. The maximum absolute atomic E-state index is 13.7. The Morgan fingerprint density at radius 2 is 1.36 bits per heavy atom. The number of hydrogen-bond donors (Lipinski definition) is 0. The molecule has 0 spiro atoms. The van der Waals surface area contributed by atoms with Gasteiger partial charge in [-0.15, -0.1) is 0 Å². The highest BCUT2D eigenvalue weighted by Crippen LogP contribution is 2.47. The lowest BCUT2D eigenvalue weighted by molar-refractivity contribution is -0.343. The van der Waals surface area contributed by atoms with E-state index in [1.807, 2.05) is 0 Å². The van der Waals surface area contributed by atoms with Crippen molar-refractivity contribution in [2.75, 3.05) is 19.0 Å². The molecule has 0 unspecified atom stereocenters. The average Bonchev–Trinajstić information content (AvgIpc) is 2.47. The van der Waals surface area contributed by atoms with E-state index in [4.69, 9.17) is 11.6 Å². The summed E-state index contributed by atoms with van der Waals surface area (Å²) in [5, 5.41) is 0.0424. The van der Waals surface area contributed by atoms with Crippen LogP contribution >= 0.6 is 11.6 Å². The third-order valence-electron chi connectivity index (χ3n) is 2.88. The van der Waals surface area contributed by atoms with Gasteiger partial charge in [-0.25, -0.2) is 9.69 Å². The Morgan fingerprint density at radius 1 is 0.920 bits per heavy atom. The van der Waals surface area contributed by atoms with Gasteiger partial charge in [-0.05, 0) is 24.3 Å². The first-order chi connectivity index (χ1) is 11.1. The summed E-state index contributed by atoms with van der Waals surface area (Å²) < 4.78 is 90.3. The molecular formula is C13H10ClF7N2O2. The summed E-state index contributed by atoms with van der Waals surface area (Å²) >= 11 is 5.54. The van der Waals surface area contributed by atoms with Crippen LogP contribution in [0.2, 0.25) is 5.02 Å². The Hall–Kier alpha value is -2.04. The van der Waals surface area contributed by atoms with Gasteiger partial charge in [0.15, 0.2) is 0 Å². The van der Waals surface area contributed by atoms with Crippen molar-refractivity contribution in [2.45, 2.75) is 18.0 Å². The van der Waals surface area contributed by atoms with E-state index in [1.165, 1.54) is 0 Å². The van der Waals surface area contributed by atoms with Gasteiger partial charge in [-0.3, -0.25) is 4.79 Å². The van der Waals surface area contributed by atoms with E-state index in [1.54, 1.807) is 0 Å². The number of halogens is 8. The number of hydrogen-bond acceptors (Lipinski definition) is 2. The number of rotatable bonds is 3. The fraction of sp³-hybridized carbons (Fsp3) is 0.385. The smallest absolute Gasteiger partial charge is 0.330 e. The molecule has 0 N–H and O–H groups in total. The second-order valence-corrected chi connectivity index (χ2v) is 5.38. The molecule has 0 fully saturated rings. The van der Waals surface area contributed by atoms with Crippen LogP contribution in [0.15, 0.2) is 24.3 Å². The Bertz CT molecular complexity index is 659. The van der Waals surface area contributed by atoms with Gasteiger partial charge in [0, 0.05) is 19.1 Å². The monoisotopic (exact) mass is 394 g/mol. The van der Waals surface area contributed by atoms with Crippen molar-refractivity contribution in [1.29, 1.82) is 0 Å². The van der Waals surface area contributed by atoms with E-state index in [0.717, 1.165) is 38.4 Å². The predicted molar refractivity (Wildman–Crippen MR) is 74.0 cm³/mol. The molecule has 12 heteroatoms. The van der Waals surface area contributed by atoms with Crippen molar-refractivity contribution in [3.63, 3.8) is 0 Å². The zero-order chi connectivity index (χ0) is 19.8. The molecule has 1 aromatic rings. The van der Waals surface area contributed by atoms with Gasteiger partial charge in [0.1, 0.15) is 0 Å². The van der Waals surface area contributed by atoms with Crippen molar-refractivity contribution < 1.29 is 40.3 Å². The van der Waals surface area contributed by atoms with Crippen LogP contribution < -0.4 is 4.90 Å². The van der Waals surface area contributed by atoms with Crippen LogP contribution in [0.25, 0.3) is 0 Å². The zero-order valence-electron chi connectivity index (χ0n) is 12.5. The van der Waals surface area contributed by atoms with Gasteiger partial charge in [0.2, 0.25) is 0 Å². The molecule has 0 heterocycles. The molecular weight excluding hydrogens is 385 g/mol. The van der Waals surface area contributed by atoms with Gasteiger partial charge < -0.3 is 4.90 Å². The summed E-state index contributed by atoms with van der Waals surface area (Å²) in [6, 6.07) is 2.18. The predicted octanol–water partition coefficient (Wildman–Crippen LogP) is 4.19. The molecule has 0 bridgehead atoms. The summed E-state index contributed by atoms with van der Waals surface area (Å²) in [6.45, 7) is 0. The topological polar surface area (TPSA) is 40.6 Å². The highest BCUT2D eigenvalue weighted by Gasteiger charge is 2.77. The van der Waals surface area contributed by atoms with E-state index in [0.29, 0.717) is 4.90 Å². The number of carbonyl (C=O) groups excluding carboxylic acids is 2. The van der Waals surface area contributed by atoms with Crippen LogP contribution in [0.3, 0.4) is 0 Å². The fourth-order valence-electron chi connectivity index (χ4n) is 1.56. The minimum absolute atomic E-state index is 0.0424. The summed E-state index contributed by atoms with van der Waals surface area (Å²) in [7, 11) is 1.97. The van der Waals surface area contributed by atoms with Gasteiger partial charge in [0.05, 0.1) is 5.69 Å². The molecule has 0 aliphatic heterocycles. The number of urea groups is 1. The van der Waals surface area contributed by atoms with E-state index < -0.39 is 40.5 Å². The number of benzene rings is 1. The van der Waals surface area contributed by atoms with Gasteiger partial charge in [-0.1, -0.05) is 11.6 Å². The van der Waals surface area contributed by atoms with Crippen LogP contribution in [-0.2, 0) is 4.79 Å². The molecule has 1 rings (SSSR count). The largest absolute Gasteiger partial charge is 0.460 e. The number of amides is 3. The summed E-state index contributed by atoms with van der Waals surface area (Å²) in [6.07, 6.45) is -6.71. The van der Waals surface area contributed by atoms with Crippen LogP contribution in [0, 0.1) is 0 Å². The SMILES string of the molecule is CN(C)C(=O)N(C(=O)C(F)(F)C(F)(F)C(F)(F)F)c1ccc(Cl)cc1. The molecule has 0 saturated carbocycles. The van der Waals surface area contributed by atoms with Crippen LogP contribution in [0.5, 0.6) is 0 Å². The third kappa shape index (κ3) is 3.80. The average molecular weight is 395 g/mol. The Balaban J connectivity index is 3.47. The quantitative estimate of drug-likeness (QED) is 0.721. The Morgan fingerprint density at radius 3 is 1.72 bits per heavy atom. The standard InChI is InChI=1S/C13H10ClF7N2O2/c1-22(2)10(25)23(8-5-3-7(14)4-6-8)9(24)11(15,16)12(17,18)13(19,20)21/h3-6H,1-2H3. The van der Waals surface area contributed by atoms with Crippen molar-refractivity contribution in [3.8, 4) is 0 Å². The molecule has 1 aromatic carbocycles. The van der Waals surface area contributed by atoms with Crippen molar-refractivity contribution in [3.05, 3.63) is 29.3 Å². The first-order valence-corrected chi connectivity index (χ1v) is 6.66. The Kier molecular flexibility index (Phi) is 5.62. The lowest BCUT2D eigenvalue weighted by Gasteiger charge is -2.32. The van der Waals surface area contributed by atoms with E-state index in [2.05, 4.69) is 0 Å². The van der Waals surface area contributed by atoms with Gasteiger partial charge >= 0.3 is 30.0 Å². The molecule has 4 nitrogen and oxygen atoms in total. The minimum Gasteiger partial charge on any atom is -0.330 e. The summed E-state index contributed by atoms with van der Waals surface area (Å²) in [5.41, 5.74) is -0.661. The molecule has 140 valence electrons. The van der Waals surface area contributed by atoms with Crippen molar-refractivity contribution in [2.24, 2.45) is 0 Å². The lowest BCUT2D eigenvalue weighted by Crippen LogP contribution is -2.62. The van der Waals surface area contributed by atoms with E-state index in [-0.39, 0.29) is 5.02 Å². The maximum Gasteiger partial charge on any atom is 0.460 e. The van der Waals surface area contributed by atoms with Crippen LogP contribution in [0.1, 0.15) is 0 Å². The number of nitrogens with zero attached hydrogens (tertiary/aromatic N) is 2. The summed E-state index contributed by atoms with van der Waals surface area (Å²) in [5.74, 6) is -15.9. The van der Waals surface area contributed by atoms with E-state index in [9.17, 15) is 40.3 Å². The maximum atomic E-state index is 13.7. The Labute approximate surface area is 141 Å². The van der Waals surface area contributed by atoms with Crippen LogP contribution in [0.4, 0.5) is 41.2 Å². The minimum atomic E-state index is -6.71. The highest BCUT2D eigenvalue weighted by molar-refractivity contribution is 6.30. The molecule has 0 aliphatic carbocycles. The molecule has 0 radical (unpaired) electrons. The molecule has 0 aromatic heterocycles. The van der Waals surface area contributed by atoms with Crippen LogP contribution in [-0.4, -0.2) is 49.0 Å². The molecule has 25 heavy (non-hydrogen) atoms. The molecule has 0 saturated heterocycles.